The Morgan fingerprint density at radius 2 is 0.975 bits per heavy atom. The fourth-order valence-electron chi connectivity index (χ4n) is 14.2. The Morgan fingerprint density at radius 1 is 0.456 bits per heavy atom. The molecule has 2 aliphatic carbocycles. The van der Waals surface area contributed by atoms with Gasteiger partial charge in [0.15, 0.2) is 0 Å². The topological polar surface area (TPSA) is 9.72 Å². The van der Waals surface area contributed by atoms with Crippen molar-refractivity contribution in [2.75, 3.05) is 14.7 Å². The van der Waals surface area contributed by atoms with Gasteiger partial charge in [-0.2, -0.15) is 0 Å². The zero-order valence-electron chi connectivity index (χ0n) is 49.3. The zero-order chi connectivity index (χ0) is 55.3. The molecule has 3 nitrogen and oxygen atoms in total. The minimum Gasteiger partial charge on any atom is -0.310 e. The predicted octanol–water partition coefficient (Wildman–Crippen LogP) is 19.4. The van der Waals surface area contributed by atoms with Gasteiger partial charge in [0.05, 0.1) is 16.4 Å². The first kappa shape index (κ1) is 51.6. The van der Waals surface area contributed by atoms with E-state index in [1.54, 1.807) is 0 Å². The average Bonchev–Trinajstić information content (AvgIpc) is 4.08. The van der Waals surface area contributed by atoms with Gasteiger partial charge in [-0.25, -0.2) is 0 Å². The Morgan fingerprint density at radius 3 is 1.56 bits per heavy atom. The van der Waals surface area contributed by atoms with Crippen molar-refractivity contribution in [3.63, 3.8) is 0 Å². The van der Waals surface area contributed by atoms with Gasteiger partial charge in [-0.15, -0.1) is 11.3 Å². The molecule has 0 bridgehead atoms. The highest BCUT2D eigenvalue weighted by Gasteiger charge is 2.51. The summed E-state index contributed by atoms with van der Waals surface area (Å²) in [5.41, 5.74) is 24.8. The lowest BCUT2D eigenvalue weighted by Crippen LogP contribution is -2.62. The first-order chi connectivity index (χ1) is 37.4. The van der Waals surface area contributed by atoms with E-state index in [2.05, 4.69) is 281 Å². The first-order valence-corrected chi connectivity index (χ1v) is 30.0. The SMILES string of the molecule is CC(C)(C)c1ccc(N2c3cc(N(c4ccccc4)c4ccccc4)cc4c3B(c3ccc5c(c3N4c3ccc(C(C)(C)C)cc3-c3ccccc3)C(C)(C)CCC5(C)C)c3c2sc2cc4c(cc32)C(C)(C)CCC4(C)C)cc1. The molecule has 0 fully saturated rings. The van der Waals surface area contributed by atoms with Crippen LogP contribution in [-0.2, 0) is 32.5 Å². The monoisotopic (exact) mass is 1050 g/mol. The number of thiophene rings is 1. The molecule has 4 aliphatic rings. The van der Waals surface area contributed by atoms with Crippen LogP contribution in [0.2, 0.25) is 0 Å². The normalized spacial score (nSPS) is 17.4. The van der Waals surface area contributed by atoms with E-state index < -0.39 is 0 Å². The van der Waals surface area contributed by atoms with Gasteiger partial charge in [-0.3, -0.25) is 0 Å². The highest BCUT2D eigenvalue weighted by molar-refractivity contribution is 7.26. The number of rotatable bonds is 6. The molecule has 398 valence electrons. The van der Waals surface area contributed by atoms with E-state index in [4.69, 9.17) is 0 Å². The number of nitrogens with zero attached hydrogens (tertiary/aromatic N) is 3. The summed E-state index contributed by atoms with van der Waals surface area (Å²) in [5.74, 6) is 0. The van der Waals surface area contributed by atoms with Gasteiger partial charge in [-0.05, 0) is 192 Å². The molecule has 2 aliphatic heterocycles. The van der Waals surface area contributed by atoms with Crippen LogP contribution in [0.25, 0.3) is 21.2 Å². The van der Waals surface area contributed by atoms with Gasteiger partial charge in [0.1, 0.15) is 0 Å². The van der Waals surface area contributed by atoms with E-state index in [0.29, 0.717) is 0 Å². The fourth-order valence-corrected chi connectivity index (χ4v) is 15.5. The smallest absolute Gasteiger partial charge is 0.254 e. The van der Waals surface area contributed by atoms with E-state index >= 15 is 0 Å². The summed E-state index contributed by atoms with van der Waals surface area (Å²) in [7, 11) is 0. The second-order valence-electron chi connectivity index (χ2n) is 28.3. The first-order valence-electron chi connectivity index (χ1n) is 29.2. The minimum absolute atomic E-state index is 0.00260. The Kier molecular flexibility index (Phi) is 11.7. The van der Waals surface area contributed by atoms with Crippen molar-refractivity contribution < 1.29 is 0 Å². The maximum atomic E-state index is 2.78. The largest absolute Gasteiger partial charge is 0.310 e. The fraction of sp³-hybridized carbons (Fsp3) is 0.324. The van der Waals surface area contributed by atoms with E-state index in [-0.39, 0.29) is 39.2 Å². The number of hydrogen-bond acceptors (Lipinski definition) is 4. The van der Waals surface area contributed by atoms with Crippen LogP contribution in [0.15, 0.2) is 170 Å². The maximum absolute atomic E-state index is 2.78. The van der Waals surface area contributed by atoms with Gasteiger partial charge in [0, 0.05) is 44.4 Å². The van der Waals surface area contributed by atoms with Crippen molar-refractivity contribution in [3.05, 3.63) is 203 Å². The zero-order valence-corrected chi connectivity index (χ0v) is 50.1. The van der Waals surface area contributed by atoms with Crippen LogP contribution in [0.5, 0.6) is 0 Å². The van der Waals surface area contributed by atoms with E-state index in [1.807, 2.05) is 11.3 Å². The van der Waals surface area contributed by atoms with E-state index in [9.17, 15) is 0 Å². The van der Waals surface area contributed by atoms with E-state index in [0.717, 1.165) is 29.9 Å². The number of fused-ring (bicyclic) bond motifs is 9. The van der Waals surface area contributed by atoms with Crippen molar-refractivity contribution in [1.29, 1.82) is 0 Å². The van der Waals surface area contributed by atoms with Gasteiger partial charge >= 0.3 is 0 Å². The molecule has 8 aromatic carbocycles. The molecule has 3 heterocycles. The highest BCUT2D eigenvalue weighted by atomic mass is 32.1. The van der Waals surface area contributed by atoms with Crippen LogP contribution in [0.4, 0.5) is 50.5 Å². The molecule has 0 atom stereocenters. The molecular formula is C74H78BN3S. The molecule has 0 N–H and O–H groups in total. The van der Waals surface area contributed by atoms with Crippen LogP contribution in [0, 0.1) is 0 Å². The molecule has 79 heavy (non-hydrogen) atoms. The summed E-state index contributed by atoms with van der Waals surface area (Å²) >= 11 is 2.01. The third-order valence-electron chi connectivity index (χ3n) is 19.1. The van der Waals surface area contributed by atoms with Crippen molar-refractivity contribution in [2.24, 2.45) is 0 Å². The highest BCUT2D eigenvalue weighted by Crippen LogP contribution is 2.58. The van der Waals surface area contributed by atoms with E-state index in [1.165, 1.54) is 117 Å². The Hall–Kier alpha value is -6.82. The summed E-state index contributed by atoms with van der Waals surface area (Å²) in [6.07, 6.45) is 4.59. The molecule has 0 saturated carbocycles. The second kappa shape index (κ2) is 17.8. The van der Waals surface area contributed by atoms with Gasteiger partial charge in [-0.1, -0.05) is 194 Å². The summed E-state index contributed by atoms with van der Waals surface area (Å²) in [6.45, 7) is 34.0. The quantitative estimate of drug-likeness (QED) is 0.154. The van der Waals surface area contributed by atoms with Crippen LogP contribution < -0.4 is 31.1 Å². The summed E-state index contributed by atoms with van der Waals surface area (Å²) in [4.78, 5) is 7.96. The van der Waals surface area contributed by atoms with Gasteiger partial charge in [0.25, 0.3) is 6.71 Å². The molecule has 0 saturated heterocycles. The molecule has 0 spiro atoms. The molecule has 5 heteroatoms. The third kappa shape index (κ3) is 8.25. The van der Waals surface area contributed by atoms with Crippen molar-refractivity contribution in [3.8, 4) is 11.1 Å². The minimum atomic E-state index is -0.117. The van der Waals surface area contributed by atoms with Crippen molar-refractivity contribution >= 4 is 95.0 Å². The number of para-hydroxylation sites is 2. The molecule has 9 aromatic rings. The lowest BCUT2D eigenvalue weighted by atomic mass is 9.33. The average molecular weight is 1050 g/mol. The van der Waals surface area contributed by atoms with Crippen LogP contribution in [-0.4, -0.2) is 6.71 Å². The lowest BCUT2D eigenvalue weighted by Gasteiger charge is -2.49. The molecule has 13 rings (SSSR count). The van der Waals surface area contributed by atoms with Gasteiger partial charge < -0.3 is 14.7 Å². The molecular weight excluding hydrogens is 974 g/mol. The predicted molar refractivity (Wildman–Crippen MR) is 344 cm³/mol. The summed E-state index contributed by atoms with van der Waals surface area (Å²) < 4.78 is 1.38. The Balaban J connectivity index is 1.24. The Bertz CT molecular complexity index is 3830. The molecule has 1 aromatic heterocycles. The lowest BCUT2D eigenvalue weighted by molar-refractivity contribution is 0.332. The number of anilines is 9. The van der Waals surface area contributed by atoms with Crippen molar-refractivity contribution in [2.45, 2.75) is 155 Å². The van der Waals surface area contributed by atoms with Gasteiger partial charge in [0.2, 0.25) is 0 Å². The molecule has 0 radical (unpaired) electrons. The maximum Gasteiger partial charge on any atom is 0.254 e. The number of benzene rings is 8. The van der Waals surface area contributed by atoms with Crippen LogP contribution in [0.3, 0.4) is 0 Å². The summed E-state index contributed by atoms with van der Waals surface area (Å²) in [6, 6.07) is 65.9. The molecule has 0 amide bonds. The molecule has 0 unspecified atom stereocenters. The number of hydrogen-bond donors (Lipinski definition) is 0. The third-order valence-corrected chi connectivity index (χ3v) is 20.2. The second-order valence-corrected chi connectivity index (χ2v) is 29.4. The summed E-state index contributed by atoms with van der Waals surface area (Å²) in [5, 5.41) is 2.72. The van der Waals surface area contributed by atoms with Crippen LogP contribution >= 0.6 is 11.3 Å². The standard InChI is InChI=1S/C74H78BN3S/c1-69(2,3)48-30-33-52(34-31-48)77-61-43-53(76(50-26-20-16-21-27-50)51-28-22-17-23-29-51)44-62-66(61)75(65-55-45-57-58(46-63(55)79-68(65)77)73(11,12)39-38-72(57,9)10)59-36-35-56-64(74(13,14)41-40-71(56,7)8)67(59)78(62)60-37-32-49(70(4,5)6)42-54(60)47-24-18-15-19-25-47/h15-37,42-46H,38-41H2,1-14H3. The Labute approximate surface area is 476 Å². The van der Waals surface area contributed by atoms with Crippen LogP contribution in [0.1, 0.15) is 156 Å². The van der Waals surface area contributed by atoms with Crippen molar-refractivity contribution in [1.82, 2.24) is 0 Å².